The average Bonchev–Trinajstić information content (AvgIpc) is 3.24. The van der Waals surface area contributed by atoms with Gasteiger partial charge in [-0.1, -0.05) is 195 Å². The molecule has 0 amide bonds. The van der Waals surface area contributed by atoms with Crippen LogP contribution in [-0.2, 0) is 28.6 Å². The number of rotatable bonds is 48. The van der Waals surface area contributed by atoms with Gasteiger partial charge in [-0.15, -0.1) is 0 Å². The highest BCUT2D eigenvalue weighted by Gasteiger charge is 2.16. The predicted octanol–water partition coefficient (Wildman–Crippen LogP) is 16.5. The average molecular weight is 878 g/mol. The van der Waals surface area contributed by atoms with Crippen molar-refractivity contribution in [2.75, 3.05) is 26.8 Å². The van der Waals surface area contributed by atoms with E-state index in [2.05, 4.69) is 53.5 Å². The molecule has 0 aliphatic heterocycles. The van der Waals surface area contributed by atoms with E-state index < -0.39 is 0 Å². The van der Waals surface area contributed by atoms with Crippen LogP contribution in [0.15, 0.2) is 0 Å². The van der Waals surface area contributed by atoms with Gasteiger partial charge in [-0.25, -0.2) is 0 Å². The molecule has 62 heavy (non-hydrogen) atoms. The van der Waals surface area contributed by atoms with Crippen molar-refractivity contribution in [1.82, 2.24) is 4.90 Å². The molecule has 0 unspecified atom stereocenters. The Labute approximate surface area is 386 Å². The van der Waals surface area contributed by atoms with E-state index in [1.54, 1.807) is 0 Å². The van der Waals surface area contributed by atoms with E-state index in [1.807, 2.05) is 0 Å². The number of nitrogens with zero attached hydrogens (tertiary/aromatic N) is 1. The minimum Gasteiger partial charge on any atom is -0.466 e. The third-order valence-electron chi connectivity index (χ3n) is 13.3. The maximum atomic E-state index is 12.8. The molecule has 0 bridgehead atoms. The number of hydrogen-bond acceptors (Lipinski definition) is 7. The largest absolute Gasteiger partial charge is 0.466 e. The summed E-state index contributed by atoms with van der Waals surface area (Å²) < 4.78 is 17.4. The zero-order valence-corrected chi connectivity index (χ0v) is 42.7. The van der Waals surface area contributed by atoms with E-state index in [0.717, 1.165) is 90.0 Å². The molecule has 0 rings (SSSR count). The Morgan fingerprint density at radius 1 is 0.387 bits per heavy atom. The minimum absolute atomic E-state index is 0.0166. The van der Waals surface area contributed by atoms with Crippen molar-refractivity contribution < 1.29 is 28.6 Å². The maximum Gasteiger partial charge on any atom is 0.306 e. The Bertz CT molecular complexity index is 907. The molecule has 0 saturated heterocycles. The lowest BCUT2D eigenvalue weighted by Gasteiger charge is -2.21. The summed E-state index contributed by atoms with van der Waals surface area (Å²) in [4.78, 5) is 39.9. The highest BCUT2D eigenvalue weighted by Crippen LogP contribution is 2.23. The van der Waals surface area contributed by atoms with Crippen LogP contribution in [0, 0.1) is 11.8 Å². The van der Waals surface area contributed by atoms with Gasteiger partial charge in [0.2, 0.25) is 0 Å². The van der Waals surface area contributed by atoms with Crippen LogP contribution in [0.2, 0.25) is 0 Å². The summed E-state index contributed by atoms with van der Waals surface area (Å²) >= 11 is 0. The third-order valence-corrected chi connectivity index (χ3v) is 13.3. The number of ether oxygens (including phenoxy) is 3. The Kier molecular flexibility index (Phi) is 44.7. The van der Waals surface area contributed by atoms with E-state index in [4.69, 9.17) is 14.2 Å². The molecular formula is C55H107NO6. The lowest BCUT2D eigenvalue weighted by molar-refractivity contribution is -0.150. The lowest BCUT2D eigenvalue weighted by atomic mass is 9.92. The summed E-state index contributed by atoms with van der Waals surface area (Å²) in [5.41, 5.74) is 0. The highest BCUT2D eigenvalue weighted by molar-refractivity contribution is 5.70. The second-order valence-electron chi connectivity index (χ2n) is 19.6. The standard InChI is InChI=1S/C55H107NO6/c1-8-12-26-35-50(36-27-13-9-2)44-47-60-53(57)41-32-24-20-16-18-22-30-39-52(62-55(59)43-34-46-56(7)49(5)6)40-31-23-19-17-21-25-33-42-54(58)61-48-45-51(37-28-14-10-3)38-29-15-11-4/h49-52H,8-48H2,1-7H3. The molecule has 0 spiro atoms. The molecule has 0 atom stereocenters. The predicted molar refractivity (Wildman–Crippen MR) is 265 cm³/mol. The number of carbonyl (C=O) groups is 3. The van der Waals surface area contributed by atoms with Crippen LogP contribution < -0.4 is 0 Å². The smallest absolute Gasteiger partial charge is 0.306 e. The van der Waals surface area contributed by atoms with Gasteiger partial charge in [-0.2, -0.15) is 0 Å². The lowest BCUT2D eigenvalue weighted by Crippen LogP contribution is -2.28. The molecule has 0 aromatic rings. The third kappa shape index (κ3) is 41.1. The van der Waals surface area contributed by atoms with Gasteiger partial charge >= 0.3 is 17.9 Å². The zero-order valence-electron chi connectivity index (χ0n) is 42.7. The highest BCUT2D eigenvalue weighted by atomic mass is 16.5. The van der Waals surface area contributed by atoms with Crippen LogP contribution >= 0.6 is 0 Å². The second kappa shape index (κ2) is 45.9. The molecule has 7 heteroatoms. The fraction of sp³-hybridized carbons (Fsp3) is 0.945. The van der Waals surface area contributed by atoms with Gasteiger partial charge in [0.05, 0.1) is 13.2 Å². The maximum absolute atomic E-state index is 12.8. The van der Waals surface area contributed by atoms with E-state index in [9.17, 15) is 14.4 Å². The van der Waals surface area contributed by atoms with Crippen molar-refractivity contribution >= 4 is 17.9 Å². The molecule has 0 saturated carbocycles. The molecule has 0 aromatic heterocycles. The monoisotopic (exact) mass is 878 g/mol. The van der Waals surface area contributed by atoms with Crippen LogP contribution in [0.5, 0.6) is 0 Å². The summed E-state index contributed by atoms with van der Waals surface area (Å²) in [6, 6.07) is 0.479. The van der Waals surface area contributed by atoms with Gasteiger partial charge in [0.1, 0.15) is 6.10 Å². The molecule has 0 heterocycles. The summed E-state index contributed by atoms with van der Waals surface area (Å²) in [7, 11) is 2.12. The topological polar surface area (TPSA) is 82.1 Å². The van der Waals surface area contributed by atoms with Crippen LogP contribution in [0.3, 0.4) is 0 Å². The van der Waals surface area contributed by atoms with Crippen LogP contribution in [-0.4, -0.2) is 61.8 Å². The van der Waals surface area contributed by atoms with E-state index >= 15 is 0 Å². The SMILES string of the molecule is CCCCCC(CCCCC)CCOC(=O)CCCCCCCCCC(CCCCCCCCCC(=O)OCCC(CCCCC)CCCCC)OC(=O)CCCN(C)C(C)C. The Hall–Kier alpha value is -1.63. The van der Waals surface area contributed by atoms with Crippen molar-refractivity contribution in [1.29, 1.82) is 0 Å². The molecule has 0 N–H and O–H groups in total. The number of esters is 3. The Morgan fingerprint density at radius 3 is 1.06 bits per heavy atom. The first-order chi connectivity index (χ1) is 30.2. The number of carbonyl (C=O) groups excluding carboxylic acids is 3. The Morgan fingerprint density at radius 2 is 0.710 bits per heavy atom. The molecule has 0 radical (unpaired) electrons. The van der Waals surface area contributed by atoms with E-state index in [1.165, 1.54) is 141 Å². The first-order valence-corrected chi connectivity index (χ1v) is 27.4. The van der Waals surface area contributed by atoms with Gasteiger partial charge in [0, 0.05) is 25.3 Å². The number of hydrogen-bond donors (Lipinski definition) is 0. The van der Waals surface area contributed by atoms with Crippen LogP contribution in [0.25, 0.3) is 0 Å². The van der Waals surface area contributed by atoms with Crippen LogP contribution in [0.4, 0.5) is 0 Å². The summed E-state index contributed by atoms with van der Waals surface area (Å²) in [5, 5.41) is 0. The van der Waals surface area contributed by atoms with E-state index in [-0.39, 0.29) is 24.0 Å². The molecule has 0 aliphatic carbocycles. The fourth-order valence-electron chi connectivity index (χ4n) is 8.71. The molecular weight excluding hydrogens is 771 g/mol. The molecule has 7 nitrogen and oxygen atoms in total. The first-order valence-electron chi connectivity index (χ1n) is 27.4. The quantitative estimate of drug-likeness (QED) is 0.0342. The molecule has 0 fully saturated rings. The van der Waals surface area contributed by atoms with E-state index in [0.29, 0.717) is 50.4 Å². The molecule has 0 aromatic carbocycles. The normalized spacial score (nSPS) is 11.8. The summed E-state index contributed by atoms with van der Waals surface area (Å²) in [6.07, 6.45) is 42.6. The van der Waals surface area contributed by atoms with Crippen molar-refractivity contribution in [3.8, 4) is 0 Å². The van der Waals surface area contributed by atoms with Gasteiger partial charge in [0.15, 0.2) is 0 Å². The van der Waals surface area contributed by atoms with Gasteiger partial charge in [0.25, 0.3) is 0 Å². The van der Waals surface area contributed by atoms with Crippen molar-refractivity contribution in [3.05, 3.63) is 0 Å². The second-order valence-corrected chi connectivity index (χ2v) is 19.6. The fourth-order valence-corrected chi connectivity index (χ4v) is 8.71. The van der Waals surface area contributed by atoms with Gasteiger partial charge in [-0.3, -0.25) is 14.4 Å². The van der Waals surface area contributed by atoms with Gasteiger partial charge < -0.3 is 19.1 Å². The van der Waals surface area contributed by atoms with Crippen molar-refractivity contribution in [2.45, 2.75) is 298 Å². The summed E-state index contributed by atoms with van der Waals surface area (Å²) in [5.74, 6) is 1.33. The van der Waals surface area contributed by atoms with Crippen LogP contribution in [0.1, 0.15) is 286 Å². The Balaban J connectivity index is 4.33. The zero-order chi connectivity index (χ0) is 45.7. The van der Waals surface area contributed by atoms with Crippen molar-refractivity contribution in [2.24, 2.45) is 11.8 Å². The first kappa shape index (κ1) is 60.4. The van der Waals surface area contributed by atoms with Gasteiger partial charge in [-0.05, 0) is 97.1 Å². The molecule has 0 aliphatic rings. The van der Waals surface area contributed by atoms with Crippen molar-refractivity contribution in [3.63, 3.8) is 0 Å². The minimum atomic E-state index is -0.0401. The summed E-state index contributed by atoms with van der Waals surface area (Å²) in [6.45, 7) is 15.5. The molecule has 368 valence electrons. The number of unbranched alkanes of at least 4 members (excludes halogenated alkanes) is 20.